The van der Waals surface area contributed by atoms with Gasteiger partial charge in [0, 0.05) is 12.2 Å². The summed E-state index contributed by atoms with van der Waals surface area (Å²) in [5.41, 5.74) is 7.45. The number of nitrogens with two attached hydrogens (primary N) is 1. The summed E-state index contributed by atoms with van der Waals surface area (Å²) < 4.78 is 22.4. The normalized spacial score (nSPS) is 23.8. The largest absolute Gasteiger partial charge is 0.509 e. The van der Waals surface area contributed by atoms with E-state index in [1.165, 1.54) is 11.8 Å². The summed E-state index contributed by atoms with van der Waals surface area (Å²) >= 11 is 7.71. The van der Waals surface area contributed by atoms with Crippen LogP contribution < -0.4 is 11.1 Å². The fourth-order valence-corrected chi connectivity index (χ4v) is 4.71. The third-order valence-electron chi connectivity index (χ3n) is 5.34. The van der Waals surface area contributed by atoms with Gasteiger partial charge in [0.05, 0.1) is 25.9 Å². The molecule has 2 fully saturated rings. The molecule has 3 N–H and O–H groups in total. The lowest BCUT2D eigenvalue weighted by molar-refractivity contribution is -0.0405. The second-order valence-electron chi connectivity index (χ2n) is 7.76. The van der Waals surface area contributed by atoms with Gasteiger partial charge in [-0.1, -0.05) is 60.6 Å². The van der Waals surface area contributed by atoms with E-state index >= 15 is 0 Å². The van der Waals surface area contributed by atoms with E-state index in [0.717, 1.165) is 17.7 Å². The lowest BCUT2D eigenvalue weighted by Crippen LogP contribution is -2.34. The van der Waals surface area contributed by atoms with Crippen molar-refractivity contribution in [3.8, 4) is 0 Å². The molecular formula is C22H27ClN4O5S. The molecule has 1 saturated heterocycles. The molecule has 0 spiro atoms. The number of nitrogen functional groups attached to an aromatic ring is 1. The van der Waals surface area contributed by atoms with Crippen LogP contribution >= 0.6 is 23.4 Å². The van der Waals surface area contributed by atoms with Crippen molar-refractivity contribution in [2.45, 2.75) is 55.9 Å². The first-order chi connectivity index (χ1) is 16.0. The number of aromatic nitrogens is 2. The quantitative estimate of drug-likeness (QED) is 0.156. The Bertz CT molecular complexity index is 954. The van der Waals surface area contributed by atoms with Crippen molar-refractivity contribution in [2.24, 2.45) is 0 Å². The van der Waals surface area contributed by atoms with Crippen LogP contribution in [0.4, 0.5) is 16.3 Å². The number of nitrogens with one attached hydrogen (secondary N) is 1. The minimum Gasteiger partial charge on any atom is -0.425 e. The molecule has 0 radical (unpaired) electrons. The van der Waals surface area contributed by atoms with Crippen LogP contribution in [0.25, 0.3) is 0 Å². The van der Waals surface area contributed by atoms with Gasteiger partial charge in [-0.2, -0.15) is 0 Å². The zero-order valence-corrected chi connectivity index (χ0v) is 19.8. The predicted octanol–water partition coefficient (Wildman–Crippen LogP) is 3.90. The van der Waals surface area contributed by atoms with Crippen molar-refractivity contribution < 1.29 is 23.7 Å². The molecule has 1 aromatic heterocycles. The summed E-state index contributed by atoms with van der Waals surface area (Å²) in [4.78, 5) is 20.5. The second kappa shape index (κ2) is 11.2. The maximum atomic E-state index is 11.8. The summed E-state index contributed by atoms with van der Waals surface area (Å²) in [6, 6.07) is 9.62. The minimum atomic E-state index is -0.710. The Morgan fingerprint density at radius 3 is 2.79 bits per heavy atom. The number of anilines is 2. The molecule has 178 valence electrons. The molecule has 33 heavy (non-hydrogen) atoms. The van der Waals surface area contributed by atoms with Gasteiger partial charge in [0.2, 0.25) is 0 Å². The molecule has 0 unspecified atom stereocenters. The van der Waals surface area contributed by atoms with Crippen LogP contribution in [0.3, 0.4) is 0 Å². The summed E-state index contributed by atoms with van der Waals surface area (Å²) in [6.07, 6.45) is -0.568. The average molecular weight is 495 g/mol. The molecule has 0 bridgehead atoms. The number of ether oxygens (including phenoxy) is 4. The maximum Gasteiger partial charge on any atom is 0.509 e. The third-order valence-corrected chi connectivity index (χ3v) is 6.69. The topological polar surface area (TPSA) is 118 Å². The van der Waals surface area contributed by atoms with Gasteiger partial charge in [-0.25, -0.2) is 14.8 Å². The van der Waals surface area contributed by atoms with Crippen LogP contribution in [0.15, 0.2) is 35.5 Å². The van der Waals surface area contributed by atoms with E-state index in [4.69, 9.17) is 36.3 Å². The summed E-state index contributed by atoms with van der Waals surface area (Å²) in [7, 11) is 0. The van der Waals surface area contributed by atoms with Crippen LogP contribution in [0, 0.1) is 0 Å². The van der Waals surface area contributed by atoms with Gasteiger partial charge in [-0.05, 0) is 12.0 Å². The van der Waals surface area contributed by atoms with Crippen LogP contribution in [0.5, 0.6) is 0 Å². The number of carbonyl (C=O) groups is 1. The van der Waals surface area contributed by atoms with Crippen molar-refractivity contribution in [2.75, 3.05) is 30.0 Å². The number of halogens is 1. The van der Waals surface area contributed by atoms with Gasteiger partial charge >= 0.3 is 6.16 Å². The average Bonchev–Trinajstić information content (AvgIpc) is 3.34. The highest BCUT2D eigenvalue weighted by Gasteiger charge is 2.53. The summed E-state index contributed by atoms with van der Waals surface area (Å²) in [5, 5.41) is 3.99. The fraction of sp³-hybridized carbons (Fsp3) is 0.500. The molecule has 4 atom stereocenters. The lowest BCUT2D eigenvalue weighted by atomic mass is 10.2. The number of carbonyl (C=O) groups excluding carboxylic acids is 1. The lowest BCUT2D eigenvalue weighted by Gasteiger charge is -2.19. The number of nitrogens with zero attached hydrogens (tertiary/aromatic N) is 2. The zero-order chi connectivity index (χ0) is 23.2. The molecule has 1 aliphatic carbocycles. The molecular weight excluding hydrogens is 468 g/mol. The Kier molecular flexibility index (Phi) is 8.13. The van der Waals surface area contributed by atoms with Crippen LogP contribution in [-0.2, 0) is 25.6 Å². The van der Waals surface area contributed by atoms with Crippen LogP contribution in [-0.4, -0.2) is 59.4 Å². The van der Waals surface area contributed by atoms with Crippen molar-refractivity contribution in [3.63, 3.8) is 0 Å². The number of hydrogen-bond acceptors (Lipinski definition) is 10. The first-order valence-corrected chi connectivity index (χ1v) is 12.2. The van der Waals surface area contributed by atoms with Gasteiger partial charge in [0.15, 0.2) is 28.3 Å². The molecule has 0 amide bonds. The van der Waals surface area contributed by atoms with Gasteiger partial charge in [0.1, 0.15) is 11.8 Å². The smallest absolute Gasteiger partial charge is 0.425 e. The maximum absolute atomic E-state index is 11.8. The summed E-state index contributed by atoms with van der Waals surface area (Å²) in [6.45, 7) is 3.37. The van der Waals surface area contributed by atoms with Crippen molar-refractivity contribution in [1.82, 2.24) is 9.97 Å². The zero-order valence-electron chi connectivity index (χ0n) is 18.2. The molecule has 1 saturated carbocycles. The summed E-state index contributed by atoms with van der Waals surface area (Å²) in [5.74, 6) is 1.27. The number of thioether (sulfide) groups is 1. The number of hydrogen-bond donors (Lipinski definition) is 2. The first kappa shape index (κ1) is 23.9. The standard InChI is InChI=1S/C22H27ClN4O5S/c1-2-10-33-21-26-19(23)16(24)20(27-21)25-14-11-15(18-17(14)31-22(28)32-18)30-9-8-29-12-13-6-4-3-5-7-13/h3-7,14-15,17-18H,2,8-12,24H2,1H3,(H,25,26,27)/t14-,15+,17+,18-/m1/s1. The van der Waals surface area contributed by atoms with Gasteiger partial charge in [0.25, 0.3) is 0 Å². The molecule has 11 heteroatoms. The second-order valence-corrected chi connectivity index (χ2v) is 9.18. The molecule has 2 aliphatic rings. The van der Waals surface area contributed by atoms with E-state index in [1.54, 1.807) is 0 Å². The highest BCUT2D eigenvalue weighted by molar-refractivity contribution is 7.99. The Balaban J connectivity index is 1.35. The van der Waals surface area contributed by atoms with Gasteiger partial charge in [-0.3, -0.25) is 0 Å². The SMILES string of the molecule is CCCSc1nc(Cl)c(N)c(N[C@@H]2C[C@H](OCCOCc3ccccc3)[C@H]3OC(=O)O[C@H]32)n1. The molecule has 1 aromatic carbocycles. The van der Waals surface area contributed by atoms with Gasteiger partial charge < -0.3 is 30.0 Å². The highest BCUT2D eigenvalue weighted by Crippen LogP contribution is 2.37. The van der Waals surface area contributed by atoms with Gasteiger partial charge in [-0.15, -0.1) is 0 Å². The Morgan fingerprint density at radius 1 is 1.21 bits per heavy atom. The highest BCUT2D eigenvalue weighted by atomic mass is 35.5. The Morgan fingerprint density at radius 2 is 2.00 bits per heavy atom. The van der Waals surface area contributed by atoms with E-state index in [1.807, 2.05) is 30.3 Å². The van der Waals surface area contributed by atoms with E-state index in [9.17, 15) is 4.79 Å². The predicted molar refractivity (Wildman–Crippen MR) is 125 cm³/mol. The Hall–Kier alpha value is -2.27. The number of rotatable bonds is 11. The molecule has 9 nitrogen and oxygen atoms in total. The molecule has 2 aromatic rings. The van der Waals surface area contributed by atoms with Crippen LogP contribution in [0.1, 0.15) is 25.3 Å². The molecule has 1 aliphatic heterocycles. The fourth-order valence-electron chi connectivity index (χ4n) is 3.79. The minimum absolute atomic E-state index is 0.184. The first-order valence-electron chi connectivity index (χ1n) is 10.9. The molecule has 4 rings (SSSR count). The van der Waals surface area contributed by atoms with Crippen molar-refractivity contribution in [3.05, 3.63) is 41.0 Å². The van der Waals surface area contributed by atoms with Crippen molar-refractivity contribution >= 4 is 41.0 Å². The van der Waals surface area contributed by atoms with E-state index < -0.39 is 18.4 Å². The van der Waals surface area contributed by atoms with Crippen LogP contribution in [0.2, 0.25) is 5.15 Å². The van der Waals surface area contributed by atoms with E-state index in [0.29, 0.717) is 37.2 Å². The monoisotopic (exact) mass is 494 g/mol. The number of benzene rings is 1. The van der Waals surface area contributed by atoms with Crippen molar-refractivity contribution in [1.29, 1.82) is 0 Å². The molecule has 2 heterocycles. The van der Waals surface area contributed by atoms with E-state index in [-0.39, 0.29) is 23.0 Å². The van der Waals surface area contributed by atoms with E-state index in [2.05, 4.69) is 22.2 Å². The number of fused-ring (bicyclic) bond motifs is 1. The third kappa shape index (κ3) is 6.00. The Labute approximate surface area is 201 Å².